The van der Waals surface area contributed by atoms with E-state index in [1.54, 1.807) is 23.3 Å². The highest BCUT2D eigenvalue weighted by Crippen LogP contribution is 2.34. The van der Waals surface area contributed by atoms with Gasteiger partial charge in [0.05, 0.1) is 18.1 Å². The first kappa shape index (κ1) is 18.9. The number of aryl methyl sites for hydroxylation is 1. The molecule has 0 bridgehead atoms. The van der Waals surface area contributed by atoms with E-state index in [-0.39, 0.29) is 0 Å². The Morgan fingerprint density at radius 1 is 0.970 bits per heavy atom. The lowest BCUT2D eigenvalue weighted by Gasteiger charge is -2.04. The van der Waals surface area contributed by atoms with Gasteiger partial charge in [-0.05, 0) is 24.6 Å². The van der Waals surface area contributed by atoms with Gasteiger partial charge in [-0.2, -0.15) is 10.2 Å². The molecule has 9 nitrogen and oxygen atoms in total. The van der Waals surface area contributed by atoms with Gasteiger partial charge in [-0.3, -0.25) is 10.1 Å². The molecule has 0 saturated carbocycles. The third-order valence-corrected chi connectivity index (χ3v) is 5.35. The second kappa shape index (κ2) is 7.41. The van der Waals surface area contributed by atoms with E-state index in [9.17, 15) is 0 Å². The number of benzene rings is 1. The van der Waals surface area contributed by atoms with Gasteiger partial charge in [0.1, 0.15) is 22.7 Å². The average molecular weight is 434 g/mol. The molecule has 0 radical (unpaired) electrons. The minimum atomic E-state index is 0.393. The molecular weight excluding hydrogens is 416 g/mol. The Bertz CT molecular complexity index is 1600. The lowest BCUT2D eigenvalue weighted by atomic mass is 10.1. The van der Waals surface area contributed by atoms with Gasteiger partial charge in [0.25, 0.3) is 5.95 Å². The smallest absolute Gasteiger partial charge is 0.251 e. The summed E-state index contributed by atoms with van der Waals surface area (Å²) in [7, 11) is 0. The molecule has 5 heterocycles. The molecule has 33 heavy (non-hydrogen) atoms. The zero-order valence-corrected chi connectivity index (χ0v) is 17.6. The third-order valence-electron chi connectivity index (χ3n) is 5.35. The van der Waals surface area contributed by atoms with Gasteiger partial charge in [0.15, 0.2) is 5.58 Å². The van der Waals surface area contributed by atoms with Crippen molar-refractivity contribution in [2.24, 2.45) is 0 Å². The highest BCUT2D eigenvalue weighted by Gasteiger charge is 2.20. The molecule has 160 valence electrons. The number of nitrogens with two attached hydrogens (primary N) is 1. The Hall–Kier alpha value is -4.79. The van der Waals surface area contributed by atoms with E-state index in [2.05, 4.69) is 39.3 Å². The first-order chi connectivity index (χ1) is 16.2. The number of H-pyrrole nitrogens is 1. The maximum Gasteiger partial charge on any atom is 0.251 e. The van der Waals surface area contributed by atoms with E-state index in [0.29, 0.717) is 39.9 Å². The molecule has 6 rings (SSSR count). The van der Waals surface area contributed by atoms with Gasteiger partial charge >= 0.3 is 0 Å². The van der Waals surface area contributed by atoms with Crippen molar-refractivity contribution in [1.82, 2.24) is 34.9 Å². The SMILES string of the molecule is Cc1cccc(-c2cnn(-c3nc(-c4[nH]ncc4N)c4oc(-c5cccnc5)cc4n3)c2)c1. The average Bonchev–Trinajstić information content (AvgIpc) is 3.58. The van der Waals surface area contributed by atoms with E-state index in [4.69, 9.17) is 20.1 Å². The Morgan fingerprint density at radius 3 is 2.67 bits per heavy atom. The topological polar surface area (TPSA) is 124 Å². The summed E-state index contributed by atoms with van der Waals surface area (Å²) in [4.78, 5) is 13.6. The zero-order chi connectivity index (χ0) is 22.4. The minimum Gasteiger partial charge on any atom is -0.452 e. The summed E-state index contributed by atoms with van der Waals surface area (Å²) in [6.45, 7) is 2.06. The van der Waals surface area contributed by atoms with Crippen molar-refractivity contribution in [1.29, 1.82) is 0 Å². The molecule has 0 atom stereocenters. The summed E-state index contributed by atoms with van der Waals surface area (Å²) < 4.78 is 7.79. The lowest BCUT2D eigenvalue weighted by molar-refractivity contribution is 0.629. The summed E-state index contributed by atoms with van der Waals surface area (Å²) in [6, 6.07) is 13.9. The fourth-order valence-corrected chi connectivity index (χ4v) is 3.73. The number of nitrogens with zero attached hydrogens (tertiary/aromatic N) is 6. The Labute approximate surface area is 188 Å². The number of anilines is 1. The molecule has 0 fully saturated rings. The molecule has 0 spiro atoms. The fourth-order valence-electron chi connectivity index (χ4n) is 3.73. The fraction of sp³-hybridized carbons (Fsp3) is 0.0417. The molecule has 9 heteroatoms. The molecule has 6 aromatic rings. The summed E-state index contributed by atoms with van der Waals surface area (Å²) in [6.07, 6.45) is 8.68. The van der Waals surface area contributed by atoms with Crippen molar-refractivity contribution < 1.29 is 4.42 Å². The van der Waals surface area contributed by atoms with Crippen LogP contribution in [0.5, 0.6) is 0 Å². The number of rotatable bonds is 4. The van der Waals surface area contributed by atoms with Crippen molar-refractivity contribution in [3.05, 3.63) is 79.0 Å². The molecule has 3 N–H and O–H groups in total. The molecule has 0 aliphatic rings. The van der Waals surface area contributed by atoms with Crippen LogP contribution in [0.4, 0.5) is 5.69 Å². The summed E-state index contributed by atoms with van der Waals surface area (Å²) in [5.74, 6) is 1.02. The normalized spacial score (nSPS) is 11.3. The molecule has 0 aliphatic carbocycles. The molecule has 0 unspecified atom stereocenters. The van der Waals surface area contributed by atoms with Crippen LogP contribution < -0.4 is 5.73 Å². The van der Waals surface area contributed by atoms with Gasteiger partial charge < -0.3 is 10.2 Å². The zero-order valence-electron chi connectivity index (χ0n) is 17.6. The van der Waals surface area contributed by atoms with Gasteiger partial charge in [-0.15, -0.1) is 0 Å². The predicted octanol–water partition coefficient (Wildman–Crippen LogP) is 4.42. The number of nitrogen functional groups attached to an aromatic ring is 1. The summed E-state index contributed by atoms with van der Waals surface area (Å²) >= 11 is 0. The van der Waals surface area contributed by atoms with Crippen LogP contribution in [0.15, 0.2) is 77.9 Å². The van der Waals surface area contributed by atoms with Crippen molar-refractivity contribution in [2.45, 2.75) is 6.92 Å². The second-order valence-electron chi connectivity index (χ2n) is 7.68. The lowest BCUT2D eigenvalue weighted by Crippen LogP contribution is -2.03. The van der Waals surface area contributed by atoms with Crippen LogP contribution in [0.2, 0.25) is 0 Å². The third kappa shape index (κ3) is 3.32. The number of fused-ring (bicyclic) bond motifs is 1. The monoisotopic (exact) mass is 434 g/mol. The quantitative estimate of drug-likeness (QED) is 0.421. The van der Waals surface area contributed by atoms with Crippen LogP contribution in [-0.2, 0) is 0 Å². The maximum atomic E-state index is 6.14. The molecular formula is C24H18N8O. The van der Waals surface area contributed by atoms with Crippen molar-refractivity contribution in [3.8, 4) is 39.8 Å². The molecule has 5 aromatic heterocycles. The van der Waals surface area contributed by atoms with E-state index >= 15 is 0 Å². The maximum absolute atomic E-state index is 6.14. The molecule has 0 aliphatic heterocycles. The number of hydrogen-bond acceptors (Lipinski definition) is 7. The first-order valence-corrected chi connectivity index (χ1v) is 10.3. The van der Waals surface area contributed by atoms with E-state index in [0.717, 1.165) is 16.7 Å². The van der Waals surface area contributed by atoms with Gasteiger partial charge in [-0.25, -0.2) is 14.6 Å². The number of aromatic amines is 1. The van der Waals surface area contributed by atoms with Crippen LogP contribution in [-0.4, -0.2) is 34.9 Å². The number of aromatic nitrogens is 7. The van der Waals surface area contributed by atoms with Crippen molar-refractivity contribution in [2.75, 3.05) is 5.73 Å². The van der Waals surface area contributed by atoms with E-state index in [1.165, 1.54) is 11.8 Å². The Kier molecular flexibility index (Phi) is 4.25. The highest BCUT2D eigenvalue weighted by molar-refractivity contribution is 5.92. The Morgan fingerprint density at radius 2 is 1.88 bits per heavy atom. The predicted molar refractivity (Wildman–Crippen MR) is 124 cm³/mol. The first-order valence-electron chi connectivity index (χ1n) is 10.3. The Balaban J connectivity index is 1.53. The molecule has 0 saturated heterocycles. The standard InChI is InChI=1S/C24H18N8O/c1-14-4-2-5-15(8-14)17-11-28-32(13-17)24-29-19-9-20(16-6-3-7-26-10-16)33-23(19)22(30-24)21-18(25)12-27-31-21/h2-13H,25H2,1H3,(H,27,31). The van der Waals surface area contributed by atoms with Crippen molar-refractivity contribution >= 4 is 16.8 Å². The van der Waals surface area contributed by atoms with Crippen molar-refractivity contribution in [3.63, 3.8) is 0 Å². The van der Waals surface area contributed by atoms with Crippen LogP contribution in [0.3, 0.4) is 0 Å². The summed E-state index contributed by atoms with van der Waals surface area (Å²) in [5, 5.41) is 11.5. The highest BCUT2D eigenvalue weighted by atomic mass is 16.3. The second-order valence-corrected chi connectivity index (χ2v) is 7.68. The van der Waals surface area contributed by atoms with Crippen LogP contribution in [0.1, 0.15) is 5.56 Å². The largest absolute Gasteiger partial charge is 0.452 e. The summed E-state index contributed by atoms with van der Waals surface area (Å²) in [5.41, 5.74) is 12.8. The van der Waals surface area contributed by atoms with Gasteiger partial charge in [-0.1, -0.05) is 29.8 Å². The van der Waals surface area contributed by atoms with Crippen LogP contribution in [0, 0.1) is 6.92 Å². The van der Waals surface area contributed by atoms with Crippen LogP contribution >= 0.6 is 0 Å². The number of nitrogens with one attached hydrogen (secondary N) is 1. The number of furan rings is 1. The van der Waals surface area contributed by atoms with Crippen LogP contribution in [0.25, 0.3) is 50.9 Å². The van der Waals surface area contributed by atoms with Gasteiger partial charge in [0, 0.05) is 35.8 Å². The van der Waals surface area contributed by atoms with Gasteiger partial charge in [0.2, 0.25) is 0 Å². The molecule has 1 aromatic carbocycles. The number of hydrogen-bond donors (Lipinski definition) is 2. The molecule has 0 amide bonds. The van der Waals surface area contributed by atoms with E-state index in [1.807, 2.05) is 36.5 Å². The van der Waals surface area contributed by atoms with E-state index < -0.39 is 0 Å². The number of pyridine rings is 1. The minimum absolute atomic E-state index is 0.393.